The van der Waals surface area contributed by atoms with E-state index < -0.39 is 0 Å². The van der Waals surface area contributed by atoms with Crippen molar-refractivity contribution in [3.05, 3.63) is 24.0 Å². The molecule has 3 rings (SSSR count). The molecule has 2 saturated heterocycles. The fourth-order valence-corrected chi connectivity index (χ4v) is 4.16. The summed E-state index contributed by atoms with van der Waals surface area (Å²) < 4.78 is 0. The zero-order chi connectivity index (χ0) is 14.0. The number of likely N-dealkylation sites (tertiary alicyclic amines) is 1. The Morgan fingerprint density at radius 1 is 1.35 bits per heavy atom. The van der Waals surface area contributed by atoms with Crippen LogP contribution < -0.4 is 5.32 Å². The van der Waals surface area contributed by atoms with E-state index in [2.05, 4.69) is 47.4 Å². The average molecular weight is 275 g/mol. The summed E-state index contributed by atoms with van der Waals surface area (Å²) in [7, 11) is 2.17. The predicted octanol–water partition coefficient (Wildman–Crippen LogP) is 2.43. The summed E-state index contributed by atoms with van der Waals surface area (Å²) >= 11 is 0. The number of rotatable bonds is 2. The summed E-state index contributed by atoms with van der Waals surface area (Å²) in [4.78, 5) is 4.95. The fraction of sp³-hybridized carbons (Fsp3) is 0.765. The molecule has 3 nitrogen and oxygen atoms in total. The molecule has 2 fully saturated rings. The molecule has 1 atom stereocenters. The Balaban J connectivity index is 1.78. The average Bonchev–Trinajstić information content (AvgIpc) is 2.47. The van der Waals surface area contributed by atoms with Crippen molar-refractivity contribution in [1.29, 1.82) is 0 Å². The van der Waals surface area contributed by atoms with E-state index in [0.29, 0.717) is 5.41 Å². The van der Waals surface area contributed by atoms with Gasteiger partial charge in [-0.3, -0.25) is 0 Å². The number of likely N-dealkylation sites (N-methyl/N-ethyl adjacent to an activating group) is 1. The van der Waals surface area contributed by atoms with E-state index in [9.17, 15) is 0 Å². The van der Waals surface area contributed by atoms with Crippen molar-refractivity contribution in [1.82, 2.24) is 15.1 Å². The Kier molecular flexibility index (Phi) is 4.06. The van der Waals surface area contributed by atoms with Crippen molar-refractivity contribution < 1.29 is 0 Å². The van der Waals surface area contributed by atoms with Crippen LogP contribution in [0.15, 0.2) is 24.0 Å². The second kappa shape index (κ2) is 5.80. The Hall–Kier alpha value is -0.960. The Labute approximate surface area is 123 Å². The number of allylic oxidation sites excluding steroid dienone is 1. The van der Waals surface area contributed by atoms with Gasteiger partial charge in [-0.05, 0) is 49.8 Å². The molecule has 0 aliphatic carbocycles. The summed E-state index contributed by atoms with van der Waals surface area (Å²) in [6.07, 6.45) is 12.4. The minimum absolute atomic E-state index is 0.564. The molecule has 0 radical (unpaired) electrons. The molecule has 3 heteroatoms. The third-order valence-electron chi connectivity index (χ3n) is 5.37. The van der Waals surface area contributed by atoms with Gasteiger partial charge in [-0.2, -0.15) is 0 Å². The SMILES string of the molecule is CCC1CN(C2=CN(C)CC=C2)CC2(CCNCC2)C1. The normalized spacial score (nSPS) is 29.7. The summed E-state index contributed by atoms with van der Waals surface area (Å²) in [6.45, 7) is 8.33. The third-order valence-corrected chi connectivity index (χ3v) is 5.37. The van der Waals surface area contributed by atoms with Crippen LogP contribution in [0, 0.1) is 11.3 Å². The van der Waals surface area contributed by atoms with Gasteiger partial charge in [0.25, 0.3) is 0 Å². The molecule has 20 heavy (non-hydrogen) atoms. The van der Waals surface area contributed by atoms with E-state index in [4.69, 9.17) is 0 Å². The first-order valence-corrected chi connectivity index (χ1v) is 8.25. The molecule has 3 aliphatic rings. The molecule has 112 valence electrons. The first-order chi connectivity index (χ1) is 9.71. The van der Waals surface area contributed by atoms with Gasteiger partial charge in [-0.15, -0.1) is 0 Å². The number of piperidine rings is 2. The van der Waals surface area contributed by atoms with Crippen LogP contribution in [0.5, 0.6) is 0 Å². The highest BCUT2D eigenvalue weighted by Crippen LogP contribution is 2.42. The molecule has 3 heterocycles. The molecule has 0 bridgehead atoms. The molecule has 3 aliphatic heterocycles. The molecule has 0 aromatic heterocycles. The zero-order valence-corrected chi connectivity index (χ0v) is 13.1. The summed E-state index contributed by atoms with van der Waals surface area (Å²) in [6, 6.07) is 0. The lowest BCUT2D eigenvalue weighted by atomic mass is 9.69. The van der Waals surface area contributed by atoms with Gasteiger partial charge in [-0.1, -0.05) is 19.4 Å². The molecule has 0 aromatic rings. The second-order valence-electron chi connectivity index (χ2n) is 7.00. The zero-order valence-electron chi connectivity index (χ0n) is 13.1. The molecule has 0 saturated carbocycles. The van der Waals surface area contributed by atoms with Crippen LogP contribution >= 0.6 is 0 Å². The van der Waals surface area contributed by atoms with Gasteiger partial charge in [0.05, 0.1) is 5.70 Å². The van der Waals surface area contributed by atoms with Crippen molar-refractivity contribution in [2.45, 2.75) is 32.6 Å². The van der Waals surface area contributed by atoms with Crippen molar-refractivity contribution in [3.8, 4) is 0 Å². The van der Waals surface area contributed by atoms with E-state index >= 15 is 0 Å². The van der Waals surface area contributed by atoms with Crippen LogP contribution in [0.2, 0.25) is 0 Å². The molecule has 0 amide bonds. The smallest absolute Gasteiger partial charge is 0.0525 e. The molecular formula is C17H29N3. The molecular weight excluding hydrogens is 246 g/mol. The van der Waals surface area contributed by atoms with Crippen molar-refractivity contribution in [2.24, 2.45) is 11.3 Å². The van der Waals surface area contributed by atoms with E-state index in [0.717, 1.165) is 12.5 Å². The van der Waals surface area contributed by atoms with Gasteiger partial charge in [0.2, 0.25) is 0 Å². The highest BCUT2D eigenvalue weighted by atomic mass is 15.2. The van der Waals surface area contributed by atoms with Gasteiger partial charge in [-0.25, -0.2) is 0 Å². The summed E-state index contributed by atoms with van der Waals surface area (Å²) in [5.74, 6) is 0.864. The van der Waals surface area contributed by atoms with Crippen LogP contribution in [0.3, 0.4) is 0 Å². The van der Waals surface area contributed by atoms with Crippen molar-refractivity contribution in [2.75, 3.05) is 39.8 Å². The third kappa shape index (κ3) is 2.88. The lowest BCUT2D eigenvalue weighted by Gasteiger charge is -2.50. The van der Waals surface area contributed by atoms with Crippen LogP contribution in [-0.4, -0.2) is 49.6 Å². The van der Waals surface area contributed by atoms with Gasteiger partial charge >= 0.3 is 0 Å². The summed E-state index contributed by atoms with van der Waals surface area (Å²) in [5, 5.41) is 3.54. The van der Waals surface area contributed by atoms with E-state index in [1.54, 1.807) is 0 Å². The Morgan fingerprint density at radius 2 is 2.15 bits per heavy atom. The minimum atomic E-state index is 0.564. The maximum absolute atomic E-state index is 3.54. The Bertz CT molecular complexity index is 393. The first-order valence-electron chi connectivity index (χ1n) is 8.25. The van der Waals surface area contributed by atoms with Gasteiger partial charge in [0.15, 0.2) is 0 Å². The predicted molar refractivity (Wildman–Crippen MR) is 84.4 cm³/mol. The van der Waals surface area contributed by atoms with Crippen LogP contribution in [0.1, 0.15) is 32.6 Å². The molecule has 1 unspecified atom stereocenters. The summed E-state index contributed by atoms with van der Waals surface area (Å²) in [5.41, 5.74) is 1.99. The second-order valence-corrected chi connectivity index (χ2v) is 7.00. The van der Waals surface area contributed by atoms with E-state index in [-0.39, 0.29) is 0 Å². The van der Waals surface area contributed by atoms with Crippen LogP contribution in [0.25, 0.3) is 0 Å². The molecule has 0 aromatic carbocycles. The fourth-order valence-electron chi connectivity index (χ4n) is 4.16. The van der Waals surface area contributed by atoms with Crippen LogP contribution in [-0.2, 0) is 0 Å². The minimum Gasteiger partial charge on any atom is -0.375 e. The largest absolute Gasteiger partial charge is 0.375 e. The van der Waals surface area contributed by atoms with Gasteiger partial charge < -0.3 is 15.1 Å². The van der Waals surface area contributed by atoms with E-state index in [1.165, 1.54) is 57.6 Å². The monoisotopic (exact) mass is 275 g/mol. The quantitative estimate of drug-likeness (QED) is 0.835. The van der Waals surface area contributed by atoms with Gasteiger partial charge in [0, 0.05) is 32.9 Å². The number of nitrogens with one attached hydrogen (secondary N) is 1. The molecule has 1 spiro atoms. The maximum Gasteiger partial charge on any atom is 0.0525 e. The van der Waals surface area contributed by atoms with E-state index in [1.807, 2.05) is 0 Å². The number of hydrogen-bond donors (Lipinski definition) is 1. The maximum atomic E-state index is 3.54. The standard InChI is InChI=1S/C17H29N3/c1-3-15-11-17(6-8-18-9-7-17)14-20(12-15)16-5-4-10-19(2)13-16/h4-5,13,15,18H,3,6-12,14H2,1-2H3. The Morgan fingerprint density at radius 3 is 2.85 bits per heavy atom. The molecule has 1 N–H and O–H groups in total. The number of hydrogen-bond acceptors (Lipinski definition) is 3. The number of nitrogens with zero attached hydrogens (tertiary/aromatic N) is 2. The van der Waals surface area contributed by atoms with Crippen molar-refractivity contribution in [3.63, 3.8) is 0 Å². The lowest BCUT2D eigenvalue weighted by Crippen LogP contribution is -2.51. The van der Waals surface area contributed by atoms with Crippen molar-refractivity contribution >= 4 is 0 Å². The van der Waals surface area contributed by atoms with Gasteiger partial charge in [0.1, 0.15) is 0 Å². The first kappa shape index (κ1) is 14.0. The highest BCUT2D eigenvalue weighted by Gasteiger charge is 2.40. The lowest BCUT2D eigenvalue weighted by molar-refractivity contribution is 0.0425. The topological polar surface area (TPSA) is 18.5 Å². The highest BCUT2D eigenvalue weighted by molar-refractivity contribution is 5.22. The van der Waals surface area contributed by atoms with Crippen LogP contribution in [0.4, 0.5) is 0 Å².